The van der Waals surface area contributed by atoms with E-state index < -0.39 is 33.4 Å². The number of nitro groups is 1. The summed E-state index contributed by atoms with van der Waals surface area (Å²) in [6.07, 6.45) is 6.67. The molecule has 1 atom stereocenters. The molecule has 1 N–H and O–H groups in total. The van der Waals surface area contributed by atoms with Crippen LogP contribution < -0.4 is 14.4 Å². The molecule has 2 aromatic rings. The fourth-order valence-electron chi connectivity index (χ4n) is 5.02. The number of methoxy groups -OCH3 is 1. The van der Waals surface area contributed by atoms with E-state index in [0.717, 1.165) is 54.3 Å². The second-order valence-corrected chi connectivity index (χ2v) is 11.9. The van der Waals surface area contributed by atoms with Crippen LogP contribution in [0.5, 0.6) is 5.75 Å². The van der Waals surface area contributed by atoms with Gasteiger partial charge in [0.2, 0.25) is 21.8 Å². The number of anilines is 1. The van der Waals surface area contributed by atoms with Crippen molar-refractivity contribution in [3.63, 3.8) is 0 Å². The van der Waals surface area contributed by atoms with Crippen LogP contribution >= 0.6 is 0 Å². The van der Waals surface area contributed by atoms with Gasteiger partial charge in [-0.05, 0) is 37.3 Å². The second kappa shape index (κ2) is 14.1. The number of rotatable bonds is 13. The Morgan fingerprint density at radius 1 is 1.12 bits per heavy atom. The van der Waals surface area contributed by atoms with Crippen LogP contribution in [0.4, 0.5) is 11.4 Å². The number of carbonyl (C=O) groups excluding carboxylic acids is 2. The first kappa shape index (κ1) is 30.9. The molecule has 1 aliphatic carbocycles. The van der Waals surface area contributed by atoms with Crippen molar-refractivity contribution in [2.45, 2.75) is 64.0 Å². The van der Waals surface area contributed by atoms with Crippen LogP contribution in [0.1, 0.15) is 51.0 Å². The molecule has 0 aromatic heterocycles. The lowest BCUT2D eigenvalue weighted by molar-refractivity contribution is -0.384. The minimum absolute atomic E-state index is 0.0445. The van der Waals surface area contributed by atoms with Gasteiger partial charge in [-0.1, -0.05) is 56.5 Å². The van der Waals surface area contributed by atoms with Crippen molar-refractivity contribution >= 4 is 33.2 Å². The van der Waals surface area contributed by atoms with Crippen LogP contribution in [-0.2, 0) is 26.0 Å². The van der Waals surface area contributed by atoms with Gasteiger partial charge in [0.1, 0.15) is 24.0 Å². The minimum Gasteiger partial charge on any atom is -0.495 e. The third-order valence-electron chi connectivity index (χ3n) is 7.14. The highest BCUT2D eigenvalue weighted by molar-refractivity contribution is 7.92. The van der Waals surface area contributed by atoms with E-state index in [1.54, 1.807) is 0 Å². The highest BCUT2D eigenvalue weighted by Gasteiger charge is 2.33. The Bertz CT molecular complexity index is 1280. The lowest BCUT2D eigenvalue weighted by atomic mass is 9.95. The molecule has 0 bridgehead atoms. The summed E-state index contributed by atoms with van der Waals surface area (Å²) in [7, 11) is -2.77. The van der Waals surface area contributed by atoms with E-state index >= 15 is 0 Å². The summed E-state index contributed by atoms with van der Waals surface area (Å²) >= 11 is 0. The van der Waals surface area contributed by atoms with Crippen LogP contribution in [0.3, 0.4) is 0 Å². The minimum atomic E-state index is -4.08. The summed E-state index contributed by atoms with van der Waals surface area (Å²) < 4.78 is 31.9. The molecule has 3 rings (SSSR count). The lowest BCUT2D eigenvalue weighted by Crippen LogP contribution is -2.54. The zero-order valence-corrected chi connectivity index (χ0v) is 24.1. The Morgan fingerprint density at radius 3 is 2.38 bits per heavy atom. The third kappa shape index (κ3) is 8.17. The van der Waals surface area contributed by atoms with E-state index in [2.05, 4.69) is 5.32 Å². The predicted molar refractivity (Wildman–Crippen MR) is 153 cm³/mol. The number of hydrogen-bond acceptors (Lipinski definition) is 7. The molecular weight excluding hydrogens is 536 g/mol. The van der Waals surface area contributed by atoms with Crippen LogP contribution in [0.25, 0.3) is 0 Å². The number of sulfonamides is 1. The topological polar surface area (TPSA) is 139 Å². The van der Waals surface area contributed by atoms with Gasteiger partial charge in [0.15, 0.2) is 0 Å². The summed E-state index contributed by atoms with van der Waals surface area (Å²) in [6, 6.07) is 12.3. The van der Waals surface area contributed by atoms with Gasteiger partial charge < -0.3 is 15.0 Å². The van der Waals surface area contributed by atoms with Crippen molar-refractivity contribution in [1.29, 1.82) is 0 Å². The first-order valence-electron chi connectivity index (χ1n) is 13.5. The first-order valence-corrected chi connectivity index (χ1v) is 15.3. The summed E-state index contributed by atoms with van der Waals surface area (Å²) in [4.78, 5) is 39.5. The van der Waals surface area contributed by atoms with Crippen molar-refractivity contribution in [2.75, 3.05) is 30.8 Å². The summed E-state index contributed by atoms with van der Waals surface area (Å²) in [5.41, 5.74) is 0.481. The SMILES string of the molecule is CC[C@@H](C(=O)NC1CCCCC1)N(CCc1ccccc1)C(=O)CN(c1cc([N+](=O)[O-])ccc1OC)S(C)(=O)=O. The number of ether oxygens (including phenoxy) is 1. The summed E-state index contributed by atoms with van der Waals surface area (Å²) in [6.45, 7) is 1.34. The van der Waals surface area contributed by atoms with E-state index in [1.165, 1.54) is 24.1 Å². The van der Waals surface area contributed by atoms with E-state index in [0.29, 0.717) is 12.8 Å². The van der Waals surface area contributed by atoms with E-state index in [9.17, 15) is 28.1 Å². The number of benzene rings is 2. The van der Waals surface area contributed by atoms with Gasteiger partial charge in [-0.15, -0.1) is 0 Å². The molecule has 0 aliphatic heterocycles. The number of carbonyl (C=O) groups is 2. The monoisotopic (exact) mass is 574 g/mol. The van der Waals surface area contributed by atoms with Crippen molar-refractivity contribution in [3.05, 3.63) is 64.2 Å². The molecule has 0 saturated heterocycles. The van der Waals surface area contributed by atoms with Gasteiger partial charge in [0.25, 0.3) is 5.69 Å². The van der Waals surface area contributed by atoms with Gasteiger partial charge >= 0.3 is 0 Å². The quantitative estimate of drug-likeness (QED) is 0.284. The fraction of sp³-hybridized carbons (Fsp3) is 0.500. The maximum Gasteiger partial charge on any atom is 0.271 e. The molecule has 1 saturated carbocycles. The Labute approximate surface area is 235 Å². The molecule has 0 radical (unpaired) electrons. The van der Waals surface area contributed by atoms with E-state index in [1.807, 2.05) is 37.3 Å². The smallest absolute Gasteiger partial charge is 0.271 e. The number of amides is 2. The molecule has 2 amide bonds. The molecular formula is C28H38N4O7S. The Hall–Kier alpha value is -3.67. The third-order valence-corrected chi connectivity index (χ3v) is 8.27. The molecule has 1 aliphatic rings. The molecule has 2 aromatic carbocycles. The van der Waals surface area contributed by atoms with Crippen molar-refractivity contribution in [2.24, 2.45) is 0 Å². The average Bonchev–Trinajstić information content (AvgIpc) is 2.93. The number of nitrogens with zero attached hydrogens (tertiary/aromatic N) is 3. The highest BCUT2D eigenvalue weighted by Crippen LogP contribution is 2.34. The van der Waals surface area contributed by atoms with Gasteiger partial charge in [0.05, 0.1) is 18.3 Å². The van der Waals surface area contributed by atoms with Crippen molar-refractivity contribution < 1.29 is 27.7 Å². The summed E-state index contributed by atoms with van der Waals surface area (Å²) in [5.74, 6) is -0.808. The second-order valence-electron chi connectivity index (χ2n) is 9.97. The van der Waals surface area contributed by atoms with Gasteiger partial charge in [-0.2, -0.15) is 0 Å². The first-order chi connectivity index (χ1) is 19.0. The fourth-order valence-corrected chi connectivity index (χ4v) is 5.87. The molecule has 218 valence electrons. The molecule has 12 heteroatoms. The van der Waals surface area contributed by atoms with Crippen molar-refractivity contribution in [1.82, 2.24) is 10.2 Å². The van der Waals surface area contributed by atoms with Crippen LogP contribution in [0.2, 0.25) is 0 Å². The van der Waals surface area contributed by atoms with Crippen LogP contribution in [0, 0.1) is 10.1 Å². The maximum atomic E-state index is 13.9. The molecule has 0 unspecified atom stereocenters. The largest absolute Gasteiger partial charge is 0.495 e. The lowest BCUT2D eigenvalue weighted by Gasteiger charge is -2.34. The average molecular weight is 575 g/mol. The standard InChI is InChI=1S/C28H38N4O7S/c1-4-24(28(34)29-22-13-9-6-10-14-22)30(18-17-21-11-7-5-8-12-21)27(33)20-31(40(3,37)38)25-19-23(32(35)36)15-16-26(25)39-2/h5,7-8,11-12,15-16,19,22,24H,4,6,9-10,13-14,17-18,20H2,1-3H3,(H,29,34)/t24-/m0/s1. The number of nitro benzene ring substituents is 1. The number of non-ortho nitro benzene ring substituents is 1. The molecule has 0 heterocycles. The highest BCUT2D eigenvalue weighted by atomic mass is 32.2. The Morgan fingerprint density at radius 2 is 1.80 bits per heavy atom. The zero-order chi connectivity index (χ0) is 29.3. The normalized spacial score (nSPS) is 14.7. The maximum absolute atomic E-state index is 13.9. The number of hydrogen-bond donors (Lipinski definition) is 1. The zero-order valence-electron chi connectivity index (χ0n) is 23.2. The summed E-state index contributed by atoms with van der Waals surface area (Å²) in [5, 5.41) is 14.5. The van der Waals surface area contributed by atoms with E-state index in [-0.39, 0.29) is 35.6 Å². The van der Waals surface area contributed by atoms with Crippen molar-refractivity contribution in [3.8, 4) is 5.75 Å². The van der Waals surface area contributed by atoms with Crippen LogP contribution in [0.15, 0.2) is 48.5 Å². The Balaban J connectivity index is 1.94. The van der Waals surface area contributed by atoms with Gasteiger partial charge in [-0.3, -0.25) is 24.0 Å². The molecule has 1 fully saturated rings. The molecule has 0 spiro atoms. The van der Waals surface area contributed by atoms with Gasteiger partial charge in [0, 0.05) is 24.7 Å². The predicted octanol–water partition coefficient (Wildman–Crippen LogP) is 3.67. The molecule has 11 nitrogen and oxygen atoms in total. The Kier molecular flexibility index (Phi) is 10.9. The molecule has 40 heavy (non-hydrogen) atoms. The van der Waals surface area contributed by atoms with Gasteiger partial charge in [-0.25, -0.2) is 8.42 Å². The van der Waals surface area contributed by atoms with E-state index in [4.69, 9.17) is 4.74 Å². The van der Waals surface area contributed by atoms with Crippen LogP contribution in [-0.4, -0.2) is 68.6 Å². The number of nitrogens with one attached hydrogen (secondary N) is 1.